The molecule has 0 aliphatic carbocycles. The van der Waals surface area contributed by atoms with Crippen molar-refractivity contribution in [2.75, 3.05) is 19.6 Å². The van der Waals surface area contributed by atoms with Crippen molar-refractivity contribution in [1.82, 2.24) is 4.98 Å². The van der Waals surface area contributed by atoms with E-state index in [1.54, 1.807) is 0 Å². The number of aryl methyl sites for hydroxylation is 1. The van der Waals surface area contributed by atoms with Gasteiger partial charge in [0.15, 0.2) is 0 Å². The van der Waals surface area contributed by atoms with Gasteiger partial charge in [-0.05, 0) is 82.9 Å². The number of aromatic nitrogens is 1. The number of nitrogens with zero attached hydrogens (tertiary/aromatic N) is 6. The zero-order chi connectivity index (χ0) is 36.8. The summed E-state index contributed by atoms with van der Waals surface area (Å²) in [5.41, 5.74) is 10.1. The third-order valence-electron chi connectivity index (χ3n) is 8.95. The molecule has 0 atom stereocenters. The van der Waals surface area contributed by atoms with E-state index in [-0.39, 0.29) is 0 Å². The van der Waals surface area contributed by atoms with Gasteiger partial charge in [-0.25, -0.2) is 4.98 Å². The number of hydrogen-bond donors (Lipinski definition) is 0. The van der Waals surface area contributed by atoms with Crippen LogP contribution in [0.15, 0.2) is 107 Å². The Morgan fingerprint density at radius 3 is 1.24 bits per heavy atom. The van der Waals surface area contributed by atoms with Crippen molar-refractivity contribution in [1.29, 1.82) is 0 Å². The molecular formula is C42H50Cl2N6V-2. The fourth-order valence-electron chi connectivity index (χ4n) is 6.26. The summed E-state index contributed by atoms with van der Waals surface area (Å²) in [6.45, 7) is 24.4. The van der Waals surface area contributed by atoms with Crippen LogP contribution in [0, 0.1) is 20.3 Å². The Balaban J connectivity index is 0.000000392. The maximum atomic E-state index is 5.60. The summed E-state index contributed by atoms with van der Waals surface area (Å²) < 4.78 is 4.08. The van der Waals surface area contributed by atoms with Crippen molar-refractivity contribution in [2.45, 2.75) is 86.0 Å². The van der Waals surface area contributed by atoms with Gasteiger partial charge in [0.2, 0.25) is 0 Å². The standard InChI is InChI=1S/C35H43N5.C7H7N.2ClH.V/c1-24(2)28-12-9-13-29(25(3)4)34(28)39-20-18-37(22-39)32-16-11-17-33(36-32)38-19-21-40(23-38)35-30(26(5)6)14-10-15-31(35)27(7)8;1-6-2-4-7(8)5-3-6;;;/h9-27H,1-8H3;2-5H,1H3;2*1H;/q-2;;;;+2/p-2. The van der Waals surface area contributed by atoms with Crippen LogP contribution < -0.4 is 19.6 Å². The molecule has 4 aromatic rings. The zero-order valence-electron chi connectivity index (χ0n) is 31.2. The molecule has 2 aliphatic heterocycles. The summed E-state index contributed by atoms with van der Waals surface area (Å²) in [7, 11) is 11.2. The first kappa shape index (κ1) is 38.7. The fraction of sp³-hybridized carbons (Fsp3) is 0.310. The second kappa shape index (κ2) is 17.3. The summed E-state index contributed by atoms with van der Waals surface area (Å²) >= 11 is -1.90. The van der Waals surface area contributed by atoms with Gasteiger partial charge in [0.05, 0.1) is 0 Å². The zero-order valence-corrected chi connectivity index (χ0v) is 34.1. The molecule has 0 spiro atoms. The molecule has 1 aromatic heterocycles. The monoisotopic (exact) mass is 759 g/mol. The van der Waals surface area contributed by atoms with Gasteiger partial charge in [-0.15, -0.1) is 13.3 Å². The van der Waals surface area contributed by atoms with E-state index in [1.165, 1.54) is 39.2 Å². The van der Waals surface area contributed by atoms with Crippen molar-refractivity contribution < 1.29 is 13.1 Å². The number of rotatable bonds is 9. The molecule has 0 bridgehead atoms. The van der Waals surface area contributed by atoms with Crippen LogP contribution in [-0.2, 0) is 13.1 Å². The third-order valence-corrected chi connectivity index (χ3v) is 10.2. The molecule has 2 aliphatic rings. The van der Waals surface area contributed by atoms with Gasteiger partial charge in [-0.1, -0.05) is 97.9 Å². The Morgan fingerprint density at radius 2 is 0.882 bits per heavy atom. The normalized spacial score (nSPS) is 14.0. The molecule has 9 heteroatoms. The van der Waals surface area contributed by atoms with E-state index < -0.39 is 13.1 Å². The van der Waals surface area contributed by atoms with Crippen LogP contribution >= 0.6 is 19.7 Å². The average molecular weight is 761 g/mol. The Kier molecular flexibility index (Phi) is 13.1. The van der Waals surface area contributed by atoms with Gasteiger partial charge in [0, 0.05) is 11.4 Å². The minimum atomic E-state index is -1.90. The van der Waals surface area contributed by atoms with Gasteiger partial charge < -0.3 is 19.6 Å². The van der Waals surface area contributed by atoms with Gasteiger partial charge >= 0.3 is 79.0 Å². The molecule has 0 unspecified atom stereocenters. The SMILES string of the molecule is CC(C)c1cccc(C(C)C)c1N1C=CN(c2cccc(N3C=CN(c4c(C(C)C)cccc4C(C)C)[CH-]3)n2)[CH-]1.Cc1ccc([N]=[V]([Cl])[Cl])cc1. The van der Waals surface area contributed by atoms with Gasteiger partial charge in [0.1, 0.15) is 11.6 Å². The van der Waals surface area contributed by atoms with E-state index in [0.717, 1.165) is 17.3 Å². The first-order chi connectivity index (χ1) is 24.3. The van der Waals surface area contributed by atoms with E-state index >= 15 is 0 Å². The number of pyridine rings is 1. The van der Waals surface area contributed by atoms with Crippen LogP contribution in [0.4, 0.5) is 28.7 Å². The summed E-state index contributed by atoms with van der Waals surface area (Å²) in [5, 5.41) is 0. The van der Waals surface area contributed by atoms with Gasteiger partial charge in [-0.2, -0.15) is 0 Å². The van der Waals surface area contributed by atoms with E-state index in [2.05, 4.69) is 172 Å². The van der Waals surface area contributed by atoms with E-state index in [1.807, 2.05) is 31.2 Å². The summed E-state index contributed by atoms with van der Waals surface area (Å²) in [4.78, 5) is 13.8. The van der Waals surface area contributed by atoms with Crippen molar-refractivity contribution in [3.8, 4) is 0 Å². The van der Waals surface area contributed by atoms with Crippen LogP contribution in [0.3, 0.4) is 0 Å². The minimum absolute atomic E-state index is 0.434. The molecule has 6 rings (SSSR count). The molecule has 269 valence electrons. The Labute approximate surface area is 318 Å². The fourth-order valence-corrected chi connectivity index (χ4v) is 7.46. The molecule has 0 N–H and O–H groups in total. The molecule has 3 heterocycles. The van der Waals surface area contributed by atoms with Gasteiger partial charge in [0.25, 0.3) is 0 Å². The van der Waals surface area contributed by atoms with Crippen LogP contribution in [0.25, 0.3) is 0 Å². The number of para-hydroxylation sites is 2. The van der Waals surface area contributed by atoms with Gasteiger partial charge in [-0.3, -0.25) is 0 Å². The first-order valence-electron chi connectivity index (χ1n) is 17.7. The van der Waals surface area contributed by atoms with E-state index in [0.29, 0.717) is 23.7 Å². The molecule has 51 heavy (non-hydrogen) atoms. The number of halogens is 2. The topological polar surface area (TPSA) is 38.2 Å². The van der Waals surface area contributed by atoms with E-state index in [4.69, 9.17) is 24.7 Å². The Bertz CT molecular complexity index is 1720. The molecule has 3 aromatic carbocycles. The second-order valence-electron chi connectivity index (χ2n) is 14.1. The molecule has 0 fully saturated rings. The number of hydrogen-bond acceptors (Lipinski definition) is 6. The predicted molar refractivity (Wildman–Crippen MR) is 215 cm³/mol. The quantitative estimate of drug-likeness (QED) is 0.159. The van der Waals surface area contributed by atoms with E-state index in [9.17, 15) is 0 Å². The number of anilines is 4. The van der Waals surface area contributed by atoms with Crippen LogP contribution in [0.2, 0.25) is 0 Å². The van der Waals surface area contributed by atoms with Crippen molar-refractivity contribution in [3.63, 3.8) is 0 Å². The first-order valence-corrected chi connectivity index (χ1v) is 22.1. The molecule has 6 nitrogen and oxygen atoms in total. The molecular weight excluding hydrogens is 710 g/mol. The molecule has 0 saturated carbocycles. The Hall–Kier alpha value is -3.55. The molecule has 0 saturated heterocycles. The molecule has 0 amide bonds. The Morgan fingerprint density at radius 1 is 0.529 bits per heavy atom. The molecule has 0 radical (unpaired) electrons. The summed E-state index contributed by atoms with van der Waals surface area (Å²) in [6, 6.07) is 27.4. The third kappa shape index (κ3) is 9.47. The van der Waals surface area contributed by atoms with Crippen molar-refractivity contribution in [3.05, 3.63) is 145 Å². The summed E-state index contributed by atoms with van der Waals surface area (Å²) in [5.74, 6) is 3.50. The average Bonchev–Trinajstić information content (AvgIpc) is 3.80. The predicted octanol–water partition coefficient (Wildman–Crippen LogP) is 13.1. The second-order valence-corrected chi connectivity index (χ2v) is 18.5. The van der Waals surface area contributed by atoms with Crippen LogP contribution in [0.1, 0.15) is 107 Å². The van der Waals surface area contributed by atoms with Crippen molar-refractivity contribution in [2.24, 2.45) is 3.79 Å². The summed E-state index contributed by atoms with van der Waals surface area (Å²) in [6.07, 6.45) is 8.47. The van der Waals surface area contributed by atoms with Crippen LogP contribution in [-0.4, -0.2) is 4.98 Å². The maximum absolute atomic E-state index is 5.60. The van der Waals surface area contributed by atoms with Crippen LogP contribution in [0.5, 0.6) is 0 Å². The number of benzene rings is 3. The van der Waals surface area contributed by atoms with Crippen molar-refractivity contribution >= 4 is 48.4 Å².